The Labute approximate surface area is 207 Å². The van der Waals surface area contributed by atoms with Crippen LogP contribution in [0, 0.1) is 6.92 Å². The number of halogens is 1. The molecule has 0 spiro atoms. The number of ether oxygens (including phenoxy) is 3. The maximum atomic E-state index is 11.9. The second-order valence-electron chi connectivity index (χ2n) is 9.04. The van der Waals surface area contributed by atoms with Gasteiger partial charge in [0.1, 0.15) is 5.69 Å². The van der Waals surface area contributed by atoms with Crippen molar-refractivity contribution in [1.29, 1.82) is 0 Å². The average Bonchev–Trinajstić information content (AvgIpc) is 3.04. The van der Waals surface area contributed by atoms with Crippen LogP contribution in [-0.2, 0) is 26.7 Å². The van der Waals surface area contributed by atoms with E-state index in [4.69, 9.17) is 25.8 Å². The average molecular weight is 490 g/mol. The predicted molar refractivity (Wildman–Crippen MR) is 137 cm³/mol. The summed E-state index contributed by atoms with van der Waals surface area (Å²) in [5, 5.41) is 4.86. The fourth-order valence-electron chi connectivity index (χ4n) is 3.38. The van der Waals surface area contributed by atoms with Crippen molar-refractivity contribution in [1.82, 2.24) is 9.78 Å². The summed E-state index contributed by atoms with van der Waals surface area (Å²) >= 11 is 6.59. The van der Waals surface area contributed by atoms with Crippen LogP contribution >= 0.6 is 11.6 Å². The zero-order valence-corrected chi connectivity index (χ0v) is 22.0. The van der Waals surface area contributed by atoms with Gasteiger partial charge in [0.05, 0.1) is 17.3 Å². The Kier molecular flexibility index (Phi) is 10.2. The standard InChI is InChI=1S/C26H36ClN3O4/c1-8-9-10-15-32-25(31)34-17-33-24(23-22(27)18(2)29-30(23)7)21(16-28-6)19-11-13-20(14-12-19)26(3,4)5/h11-14,16H,8-10,15,17H2,1-7H3/b24-21-,28-16?. The number of benzene rings is 1. The third-order valence-electron chi connectivity index (χ3n) is 5.28. The van der Waals surface area contributed by atoms with Crippen LogP contribution in [-0.4, -0.2) is 42.6 Å². The number of nitrogens with zero attached hydrogens (tertiary/aromatic N) is 3. The number of allylic oxidation sites excluding steroid dienone is 1. The summed E-state index contributed by atoms with van der Waals surface area (Å²) in [6.07, 6.45) is 3.75. The van der Waals surface area contributed by atoms with Crippen LogP contribution in [0.25, 0.3) is 11.3 Å². The third kappa shape index (κ3) is 7.35. The largest absolute Gasteiger partial charge is 0.511 e. The van der Waals surface area contributed by atoms with E-state index >= 15 is 0 Å². The van der Waals surface area contributed by atoms with Crippen LogP contribution in [0.4, 0.5) is 4.79 Å². The second kappa shape index (κ2) is 12.6. The van der Waals surface area contributed by atoms with Crippen LogP contribution in [0.3, 0.4) is 0 Å². The highest BCUT2D eigenvalue weighted by Gasteiger charge is 2.22. The summed E-state index contributed by atoms with van der Waals surface area (Å²) in [4.78, 5) is 16.2. The van der Waals surface area contributed by atoms with Crippen molar-refractivity contribution in [2.75, 3.05) is 20.4 Å². The smallest absolute Gasteiger partial charge is 0.454 e. The van der Waals surface area contributed by atoms with Crippen molar-refractivity contribution in [3.8, 4) is 0 Å². The first-order valence-corrected chi connectivity index (χ1v) is 11.9. The van der Waals surface area contributed by atoms with Crippen molar-refractivity contribution in [2.45, 2.75) is 59.3 Å². The third-order valence-corrected chi connectivity index (χ3v) is 5.73. The molecule has 0 aliphatic heterocycles. The molecule has 0 N–H and O–H groups in total. The van der Waals surface area contributed by atoms with Crippen LogP contribution < -0.4 is 0 Å². The van der Waals surface area contributed by atoms with E-state index in [0.29, 0.717) is 34.3 Å². The fourth-order valence-corrected chi connectivity index (χ4v) is 3.63. The molecule has 2 rings (SSSR count). The SMILES string of the molecule is CCCCCOC(=O)OCO/C(=C(/C=NC)c1ccc(C(C)(C)C)cc1)c1c(Cl)c(C)nn1C. The van der Waals surface area contributed by atoms with Crippen molar-refractivity contribution in [3.05, 3.63) is 51.8 Å². The lowest BCUT2D eigenvalue weighted by atomic mass is 9.86. The Hall–Kier alpha value is -2.80. The maximum Gasteiger partial charge on any atom is 0.511 e. The van der Waals surface area contributed by atoms with Gasteiger partial charge in [-0.25, -0.2) is 4.79 Å². The predicted octanol–water partition coefficient (Wildman–Crippen LogP) is 6.57. The molecular formula is C26H36ClN3O4. The molecule has 7 nitrogen and oxygen atoms in total. The molecule has 0 aliphatic rings. The van der Waals surface area contributed by atoms with E-state index < -0.39 is 6.16 Å². The minimum absolute atomic E-state index is 0.0222. The van der Waals surface area contributed by atoms with E-state index in [1.807, 2.05) is 19.1 Å². The second-order valence-corrected chi connectivity index (χ2v) is 9.42. The summed E-state index contributed by atoms with van der Waals surface area (Å²) in [5.41, 5.74) is 4.02. The van der Waals surface area contributed by atoms with Gasteiger partial charge in [-0.2, -0.15) is 5.10 Å². The Morgan fingerprint density at radius 3 is 2.35 bits per heavy atom. The Bertz CT molecular complexity index is 1020. The Balaban J connectivity index is 2.40. The molecule has 34 heavy (non-hydrogen) atoms. The van der Waals surface area contributed by atoms with Crippen molar-refractivity contribution >= 4 is 35.3 Å². The van der Waals surface area contributed by atoms with Crippen LogP contribution in [0.2, 0.25) is 5.02 Å². The molecular weight excluding hydrogens is 454 g/mol. The van der Waals surface area contributed by atoms with E-state index in [9.17, 15) is 4.79 Å². The summed E-state index contributed by atoms with van der Waals surface area (Å²) in [6.45, 7) is 10.4. The first-order chi connectivity index (χ1) is 16.1. The lowest BCUT2D eigenvalue weighted by Crippen LogP contribution is -2.13. The number of carbonyl (C=O) groups excluding carboxylic acids is 1. The number of aliphatic imine (C=N–C) groups is 1. The van der Waals surface area contributed by atoms with E-state index in [1.54, 1.807) is 25.0 Å². The van der Waals surface area contributed by atoms with E-state index in [1.165, 1.54) is 5.56 Å². The number of hydrogen-bond acceptors (Lipinski definition) is 6. The molecule has 0 atom stereocenters. The van der Waals surface area contributed by atoms with Crippen molar-refractivity contribution in [3.63, 3.8) is 0 Å². The van der Waals surface area contributed by atoms with E-state index in [-0.39, 0.29) is 12.2 Å². The minimum atomic E-state index is -0.775. The molecule has 0 radical (unpaired) electrons. The van der Waals surface area contributed by atoms with Gasteiger partial charge in [-0.05, 0) is 29.9 Å². The molecule has 8 heteroatoms. The molecule has 0 unspecified atom stereocenters. The number of hydrogen-bond donors (Lipinski definition) is 0. The fraction of sp³-hybridized carbons (Fsp3) is 0.500. The highest BCUT2D eigenvalue weighted by atomic mass is 35.5. The maximum absolute atomic E-state index is 11.9. The highest BCUT2D eigenvalue weighted by Crippen LogP contribution is 2.33. The molecule has 0 saturated carbocycles. The van der Waals surface area contributed by atoms with Gasteiger partial charge >= 0.3 is 6.16 Å². The van der Waals surface area contributed by atoms with Crippen LogP contribution in [0.15, 0.2) is 29.3 Å². The zero-order chi connectivity index (χ0) is 25.3. The Morgan fingerprint density at radius 2 is 1.82 bits per heavy atom. The number of aromatic nitrogens is 2. The van der Waals surface area contributed by atoms with Gasteiger partial charge in [-0.15, -0.1) is 0 Å². The molecule has 0 fully saturated rings. The number of aryl methyl sites for hydroxylation is 2. The summed E-state index contributed by atoms with van der Waals surface area (Å²) < 4.78 is 17.9. The number of unbranched alkanes of at least 4 members (excludes halogenated alkanes) is 2. The molecule has 0 bridgehead atoms. The van der Waals surface area contributed by atoms with Crippen LogP contribution in [0.5, 0.6) is 0 Å². The molecule has 186 valence electrons. The first-order valence-electron chi connectivity index (χ1n) is 11.5. The summed E-state index contributed by atoms with van der Waals surface area (Å²) in [5.74, 6) is 0.404. The van der Waals surface area contributed by atoms with Gasteiger partial charge in [-0.1, -0.05) is 76.4 Å². The summed E-state index contributed by atoms with van der Waals surface area (Å²) in [7, 11) is 3.46. The van der Waals surface area contributed by atoms with E-state index in [0.717, 1.165) is 24.8 Å². The van der Waals surface area contributed by atoms with Gasteiger partial charge in [-0.3, -0.25) is 9.67 Å². The molecule has 1 aromatic heterocycles. The minimum Gasteiger partial charge on any atom is -0.454 e. The highest BCUT2D eigenvalue weighted by molar-refractivity contribution is 6.33. The number of carbonyl (C=O) groups is 1. The number of rotatable bonds is 10. The lowest BCUT2D eigenvalue weighted by Gasteiger charge is -2.20. The summed E-state index contributed by atoms with van der Waals surface area (Å²) in [6, 6.07) is 8.19. The molecule has 1 aromatic carbocycles. The molecule has 1 heterocycles. The quantitative estimate of drug-likeness (QED) is 0.124. The first kappa shape index (κ1) is 27.4. The van der Waals surface area contributed by atoms with Gasteiger partial charge in [0.15, 0.2) is 5.76 Å². The lowest BCUT2D eigenvalue weighted by molar-refractivity contribution is -0.00609. The van der Waals surface area contributed by atoms with Crippen molar-refractivity contribution in [2.24, 2.45) is 12.0 Å². The monoisotopic (exact) mass is 489 g/mol. The van der Waals surface area contributed by atoms with Crippen LogP contribution in [0.1, 0.15) is 69.5 Å². The molecule has 0 amide bonds. The molecule has 0 aliphatic carbocycles. The van der Waals surface area contributed by atoms with E-state index in [2.05, 4.69) is 49.9 Å². The van der Waals surface area contributed by atoms with Gasteiger partial charge in [0.25, 0.3) is 0 Å². The normalized spacial score (nSPS) is 12.6. The zero-order valence-electron chi connectivity index (χ0n) is 21.3. The van der Waals surface area contributed by atoms with Gasteiger partial charge < -0.3 is 14.2 Å². The van der Waals surface area contributed by atoms with Gasteiger partial charge in [0.2, 0.25) is 6.79 Å². The molecule has 2 aromatic rings. The molecule has 0 saturated heterocycles. The Morgan fingerprint density at radius 1 is 1.15 bits per heavy atom. The van der Waals surface area contributed by atoms with Gasteiger partial charge in [0, 0.05) is 25.9 Å². The van der Waals surface area contributed by atoms with Crippen molar-refractivity contribution < 1.29 is 19.0 Å². The topological polar surface area (TPSA) is 74.9 Å².